The minimum Gasteiger partial charge on any atom is -0.370 e. The molecule has 0 saturated heterocycles. The van der Waals surface area contributed by atoms with Gasteiger partial charge < -0.3 is 10.5 Å². The first kappa shape index (κ1) is 13.8. The highest BCUT2D eigenvalue weighted by Crippen LogP contribution is 2.24. The predicted molar refractivity (Wildman–Crippen MR) is 72.6 cm³/mol. The Morgan fingerprint density at radius 1 is 1.39 bits per heavy atom. The standard InChI is InChI=1S/C13H22ClN3O/c1-9-13(14)11(17(2)16-9)8-18-12-7-5-3-4-6-10(12)15/h10,12H,3-8,15H2,1-2H3. The van der Waals surface area contributed by atoms with Crippen molar-refractivity contribution in [2.24, 2.45) is 12.8 Å². The highest BCUT2D eigenvalue weighted by atomic mass is 35.5. The van der Waals surface area contributed by atoms with Crippen LogP contribution in [0.4, 0.5) is 0 Å². The third-order valence-corrected chi connectivity index (χ3v) is 4.19. The Morgan fingerprint density at radius 3 is 2.78 bits per heavy atom. The molecule has 1 fully saturated rings. The van der Waals surface area contributed by atoms with Crippen molar-refractivity contribution in [3.8, 4) is 0 Å². The van der Waals surface area contributed by atoms with Crippen LogP contribution in [-0.2, 0) is 18.4 Å². The van der Waals surface area contributed by atoms with Crippen molar-refractivity contribution >= 4 is 11.6 Å². The molecule has 1 aliphatic rings. The molecule has 2 unspecified atom stereocenters. The van der Waals surface area contributed by atoms with Gasteiger partial charge in [-0.1, -0.05) is 30.9 Å². The SMILES string of the molecule is Cc1nn(C)c(COC2CCCCCC2N)c1Cl. The van der Waals surface area contributed by atoms with Gasteiger partial charge >= 0.3 is 0 Å². The Morgan fingerprint density at radius 2 is 2.11 bits per heavy atom. The quantitative estimate of drug-likeness (QED) is 0.860. The lowest BCUT2D eigenvalue weighted by Crippen LogP contribution is -2.35. The Kier molecular flexibility index (Phi) is 4.65. The van der Waals surface area contributed by atoms with Gasteiger partial charge in [0, 0.05) is 13.1 Å². The van der Waals surface area contributed by atoms with Gasteiger partial charge in [0.1, 0.15) is 0 Å². The third-order valence-electron chi connectivity index (χ3n) is 3.70. The second-order valence-electron chi connectivity index (χ2n) is 5.12. The molecule has 102 valence electrons. The smallest absolute Gasteiger partial charge is 0.0904 e. The van der Waals surface area contributed by atoms with E-state index in [9.17, 15) is 0 Å². The highest BCUT2D eigenvalue weighted by molar-refractivity contribution is 6.31. The van der Waals surface area contributed by atoms with E-state index >= 15 is 0 Å². The zero-order valence-corrected chi connectivity index (χ0v) is 11.9. The molecule has 5 heteroatoms. The minimum atomic E-state index is 0.152. The van der Waals surface area contributed by atoms with Crippen molar-refractivity contribution in [2.45, 2.75) is 57.8 Å². The normalized spacial score (nSPS) is 25.1. The van der Waals surface area contributed by atoms with E-state index in [0.29, 0.717) is 11.6 Å². The predicted octanol–water partition coefficient (Wildman–Crippen LogP) is 2.56. The van der Waals surface area contributed by atoms with Gasteiger partial charge in [-0.05, 0) is 19.8 Å². The molecule has 1 aromatic rings. The summed E-state index contributed by atoms with van der Waals surface area (Å²) in [5.41, 5.74) is 7.93. The molecule has 2 rings (SSSR count). The zero-order chi connectivity index (χ0) is 13.1. The van der Waals surface area contributed by atoms with E-state index in [2.05, 4.69) is 5.10 Å². The summed E-state index contributed by atoms with van der Waals surface area (Å²) < 4.78 is 7.76. The van der Waals surface area contributed by atoms with Gasteiger partial charge in [-0.3, -0.25) is 4.68 Å². The fourth-order valence-electron chi connectivity index (χ4n) is 2.53. The largest absolute Gasteiger partial charge is 0.370 e. The molecule has 2 N–H and O–H groups in total. The van der Waals surface area contributed by atoms with Crippen LogP contribution in [0.2, 0.25) is 5.02 Å². The van der Waals surface area contributed by atoms with Gasteiger partial charge in [0.25, 0.3) is 0 Å². The van der Waals surface area contributed by atoms with Crippen molar-refractivity contribution in [3.05, 3.63) is 16.4 Å². The summed E-state index contributed by atoms with van der Waals surface area (Å²) >= 11 is 6.21. The van der Waals surface area contributed by atoms with Gasteiger partial charge in [0.05, 0.1) is 29.1 Å². The number of ether oxygens (including phenoxy) is 1. The van der Waals surface area contributed by atoms with Gasteiger partial charge in [-0.15, -0.1) is 0 Å². The van der Waals surface area contributed by atoms with Crippen LogP contribution in [0.5, 0.6) is 0 Å². The van der Waals surface area contributed by atoms with Gasteiger partial charge in [0.2, 0.25) is 0 Å². The van der Waals surface area contributed by atoms with Crippen LogP contribution in [0.1, 0.15) is 43.5 Å². The van der Waals surface area contributed by atoms with Crippen LogP contribution in [0.25, 0.3) is 0 Å². The number of rotatable bonds is 3. The average molecular weight is 272 g/mol. The molecular formula is C13H22ClN3O. The Bertz CT molecular complexity index is 405. The van der Waals surface area contributed by atoms with Crippen molar-refractivity contribution in [3.63, 3.8) is 0 Å². The molecule has 0 aromatic carbocycles. The second kappa shape index (κ2) is 6.04. The molecule has 1 aliphatic carbocycles. The molecule has 0 spiro atoms. The van der Waals surface area contributed by atoms with E-state index in [1.807, 2.05) is 14.0 Å². The number of hydrogen-bond donors (Lipinski definition) is 1. The fraction of sp³-hybridized carbons (Fsp3) is 0.769. The summed E-state index contributed by atoms with van der Waals surface area (Å²) in [6.45, 7) is 2.40. The Labute approximate surface area is 113 Å². The highest BCUT2D eigenvalue weighted by Gasteiger charge is 2.22. The molecular weight excluding hydrogens is 250 g/mol. The first-order chi connectivity index (χ1) is 8.59. The van der Waals surface area contributed by atoms with E-state index < -0.39 is 0 Å². The number of aryl methyl sites for hydroxylation is 2. The molecule has 4 nitrogen and oxygen atoms in total. The first-order valence-electron chi connectivity index (χ1n) is 6.64. The van der Waals surface area contributed by atoms with E-state index in [1.165, 1.54) is 19.3 Å². The molecule has 0 bridgehead atoms. The van der Waals surface area contributed by atoms with E-state index in [0.717, 1.165) is 24.2 Å². The Balaban J connectivity index is 1.97. The fourth-order valence-corrected chi connectivity index (χ4v) is 2.75. The number of nitrogens with zero attached hydrogens (tertiary/aromatic N) is 2. The molecule has 0 aliphatic heterocycles. The van der Waals surface area contributed by atoms with Crippen LogP contribution >= 0.6 is 11.6 Å². The lowest BCUT2D eigenvalue weighted by atomic mass is 10.1. The molecule has 18 heavy (non-hydrogen) atoms. The van der Waals surface area contributed by atoms with E-state index in [-0.39, 0.29) is 12.1 Å². The summed E-state index contributed by atoms with van der Waals surface area (Å²) in [7, 11) is 1.89. The zero-order valence-electron chi connectivity index (χ0n) is 11.2. The molecule has 1 heterocycles. The lowest BCUT2D eigenvalue weighted by Gasteiger charge is -2.21. The first-order valence-corrected chi connectivity index (χ1v) is 7.02. The summed E-state index contributed by atoms with van der Waals surface area (Å²) in [5.74, 6) is 0. The monoisotopic (exact) mass is 271 g/mol. The number of halogens is 1. The number of hydrogen-bond acceptors (Lipinski definition) is 3. The van der Waals surface area contributed by atoms with Crippen molar-refractivity contribution in [1.29, 1.82) is 0 Å². The van der Waals surface area contributed by atoms with Crippen molar-refractivity contribution in [2.75, 3.05) is 0 Å². The van der Waals surface area contributed by atoms with Crippen LogP contribution in [0.15, 0.2) is 0 Å². The molecule has 0 radical (unpaired) electrons. The maximum atomic E-state index is 6.21. The molecule has 1 saturated carbocycles. The van der Waals surface area contributed by atoms with Crippen LogP contribution < -0.4 is 5.73 Å². The van der Waals surface area contributed by atoms with Gasteiger partial charge in [-0.25, -0.2) is 0 Å². The van der Waals surface area contributed by atoms with Crippen molar-refractivity contribution in [1.82, 2.24) is 9.78 Å². The maximum absolute atomic E-state index is 6.21. The topological polar surface area (TPSA) is 53.1 Å². The maximum Gasteiger partial charge on any atom is 0.0904 e. The summed E-state index contributed by atoms with van der Waals surface area (Å²) in [6, 6.07) is 0.153. The molecule has 0 amide bonds. The summed E-state index contributed by atoms with van der Waals surface area (Å²) in [4.78, 5) is 0. The van der Waals surface area contributed by atoms with Gasteiger partial charge in [0.15, 0.2) is 0 Å². The molecule has 1 aromatic heterocycles. The summed E-state index contributed by atoms with van der Waals surface area (Å²) in [5, 5.41) is 4.99. The van der Waals surface area contributed by atoms with Gasteiger partial charge in [-0.2, -0.15) is 5.10 Å². The van der Waals surface area contributed by atoms with Crippen LogP contribution in [-0.4, -0.2) is 21.9 Å². The van der Waals surface area contributed by atoms with E-state index in [1.54, 1.807) is 4.68 Å². The third kappa shape index (κ3) is 3.05. The molecule has 2 atom stereocenters. The van der Waals surface area contributed by atoms with Crippen LogP contribution in [0.3, 0.4) is 0 Å². The lowest BCUT2D eigenvalue weighted by molar-refractivity contribution is 0.0164. The van der Waals surface area contributed by atoms with E-state index in [4.69, 9.17) is 22.1 Å². The summed E-state index contributed by atoms with van der Waals surface area (Å²) in [6.07, 6.45) is 5.94. The average Bonchev–Trinajstić information content (AvgIpc) is 2.51. The van der Waals surface area contributed by atoms with Crippen molar-refractivity contribution < 1.29 is 4.74 Å². The minimum absolute atomic E-state index is 0.152. The number of nitrogens with two attached hydrogens (primary N) is 1. The number of aromatic nitrogens is 2. The Hall–Kier alpha value is -0.580. The van der Waals surface area contributed by atoms with Crippen LogP contribution in [0, 0.1) is 6.92 Å². The second-order valence-corrected chi connectivity index (χ2v) is 5.50.